The van der Waals surface area contributed by atoms with Crippen molar-refractivity contribution in [3.05, 3.63) is 27.5 Å². The molecule has 0 atom stereocenters. The Kier molecular flexibility index (Phi) is 2.39. The molecule has 1 heterocycles. The fraction of sp³-hybridized carbons (Fsp3) is 0.250. The van der Waals surface area contributed by atoms with Gasteiger partial charge in [-0.15, -0.1) is 0 Å². The lowest BCUT2D eigenvalue weighted by Crippen LogP contribution is -1.92. The molecular weight excluding hydrogens is 206 g/mol. The summed E-state index contributed by atoms with van der Waals surface area (Å²) in [6.07, 6.45) is 0.795. The van der Waals surface area contributed by atoms with Crippen LogP contribution < -0.4 is 0 Å². The van der Waals surface area contributed by atoms with E-state index in [4.69, 9.17) is 0 Å². The first-order chi connectivity index (χ1) is 5.15. The van der Waals surface area contributed by atoms with Crippen molar-refractivity contribution in [3.8, 4) is 0 Å². The fourth-order valence-electron chi connectivity index (χ4n) is 0.780. The summed E-state index contributed by atoms with van der Waals surface area (Å²) in [5, 5.41) is 0. The molecule has 3 heteroatoms. The number of rotatable bonds is 1. The average Bonchev–Trinajstić information content (AvgIpc) is 1.97. The maximum absolute atomic E-state index is 10.4. The molecule has 1 rings (SSSR count). The molecule has 0 fully saturated rings. The van der Waals surface area contributed by atoms with Crippen LogP contribution in [0.3, 0.4) is 0 Å². The number of aromatic nitrogens is 1. The van der Waals surface area contributed by atoms with Crippen molar-refractivity contribution in [2.24, 2.45) is 0 Å². The van der Waals surface area contributed by atoms with Crippen molar-refractivity contribution >= 4 is 22.2 Å². The average molecular weight is 214 g/mol. The van der Waals surface area contributed by atoms with Crippen LogP contribution in [0.5, 0.6) is 0 Å². The topological polar surface area (TPSA) is 30.0 Å². The molecule has 0 radical (unpaired) electrons. The maximum atomic E-state index is 10.4. The molecule has 2 nitrogen and oxygen atoms in total. The van der Waals surface area contributed by atoms with Crippen LogP contribution in [0.25, 0.3) is 0 Å². The molecule has 1 aromatic heterocycles. The van der Waals surface area contributed by atoms with Crippen LogP contribution in [-0.2, 0) is 0 Å². The molecule has 0 spiro atoms. The zero-order chi connectivity index (χ0) is 8.43. The number of aryl methyl sites for hydroxylation is 2. The van der Waals surface area contributed by atoms with Gasteiger partial charge in [-0.05, 0) is 41.4 Å². The summed E-state index contributed by atoms with van der Waals surface area (Å²) in [7, 11) is 0. The molecule has 11 heavy (non-hydrogen) atoms. The Balaban J connectivity index is 3.31. The van der Waals surface area contributed by atoms with Crippen molar-refractivity contribution in [3.63, 3.8) is 0 Å². The van der Waals surface area contributed by atoms with Gasteiger partial charge in [-0.1, -0.05) is 0 Å². The molecule has 1 aromatic rings. The molecule has 0 saturated heterocycles. The van der Waals surface area contributed by atoms with Crippen molar-refractivity contribution in [1.29, 1.82) is 0 Å². The van der Waals surface area contributed by atoms with Crippen molar-refractivity contribution in [2.45, 2.75) is 13.8 Å². The van der Waals surface area contributed by atoms with Gasteiger partial charge in [0.2, 0.25) is 0 Å². The highest BCUT2D eigenvalue weighted by Gasteiger charge is 2.02. The molecule has 0 bridgehead atoms. The summed E-state index contributed by atoms with van der Waals surface area (Å²) in [5.41, 5.74) is 2.59. The van der Waals surface area contributed by atoms with E-state index in [0.29, 0.717) is 10.2 Å². The number of carbonyl (C=O) groups is 1. The largest absolute Gasteiger partial charge is 0.298 e. The van der Waals surface area contributed by atoms with E-state index >= 15 is 0 Å². The van der Waals surface area contributed by atoms with Gasteiger partial charge in [0.1, 0.15) is 4.60 Å². The minimum atomic E-state index is 0.605. The molecule has 0 N–H and O–H groups in total. The zero-order valence-corrected chi connectivity index (χ0v) is 7.97. The summed E-state index contributed by atoms with van der Waals surface area (Å²) >= 11 is 3.20. The van der Waals surface area contributed by atoms with E-state index in [1.54, 1.807) is 0 Å². The zero-order valence-electron chi connectivity index (χ0n) is 6.39. The monoisotopic (exact) mass is 213 g/mol. The third-order valence-corrected chi connectivity index (χ3v) is 2.21. The molecule has 0 aliphatic rings. The van der Waals surface area contributed by atoms with Crippen molar-refractivity contribution < 1.29 is 4.79 Å². The minimum absolute atomic E-state index is 0.605. The summed E-state index contributed by atoms with van der Waals surface area (Å²) < 4.78 is 0.621. The number of hydrogen-bond donors (Lipinski definition) is 0. The second-order valence-electron chi connectivity index (χ2n) is 2.39. The summed E-state index contributed by atoms with van der Waals surface area (Å²) in [6.45, 7) is 3.84. The first-order valence-corrected chi connectivity index (χ1v) is 4.03. The van der Waals surface area contributed by atoms with Crippen LogP contribution in [0, 0.1) is 13.8 Å². The van der Waals surface area contributed by atoms with Crippen LogP contribution in [-0.4, -0.2) is 11.3 Å². The quantitative estimate of drug-likeness (QED) is 0.530. The first-order valence-electron chi connectivity index (χ1n) is 3.24. The molecule has 0 saturated carbocycles. The van der Waals surface area contributed by atoms with Gasteiger partial charge in [-0.2, -0.15) is 0 Å². The molecule has 0 aromatic carbocycles. The third kappa shape index (κ3) is 1.66. The number of aldehydes is 1. The smallest absolute Gasteiger partial charge is 0.152 e. The normalized spacial score (nSPS) is 9.73. The van der Waals surface area contributed by atoms with Crippen LogP contribution in [0.4, 0.5) is 0 Å². The molecular formula is C8H8BrNO. The number of carbonyl (C=O) groups excluding carboxylic acids is 1. The number of hydrogen-bond acceptors (Lipinski definition) is 2. The molecule has 58 valence electrons. The number of nitrogens with zero attached hydrogens (tertiary/aromatic N) is 1. The van der Waals surface area contributed by atoms with E-state index in [0.717, 1.165) is 17.5 Å². The highest BCUT2D eigenvalue weighted by Crippen LogP contribution is 2.15. The molecule has 0 aliphatic carbocycles. The van der Waals surface area contributed by atoms with E-state index in [-0.39, 0.29) is 0 Å². The second-order valence-corrected chi connectivity index (χ2v) is 3.14. The number of halogens is 1. The summed E-state index contributed by atoms with van der Waals surface area (Å²) in [6, 6.07) is 1.82. The highest BCUT2D eigenvalue weighted by atomic mass is 79.9. The Morgan fingerprint density at radius 3 is 2.73 bits per heavy atom. The Bertz CT molecular complexity index is 296. The van der Waals surface area contributed by atoms with Gasteiger partial charge in [0.15, 0.2) is 6.29 Å². The van der Waals surface area contributed by atoms with Gasteiger partial charge < -0.3 is 0 Å². The molecule has 0 amide bonds. The van der Waals surface area contributed by atoms with Crippen LogP contribution >= 0.6 is 15.9 Å². The van der Waals surface area contributed by atoms with Crippen LogP contribution in [0.1, 0.15) is 21.6 Å². The van der Waals surface area contributed by atoms with E-state index in [9.17, 15) is 4.79 Å². The lowest BCUT2D eigenvalue weighted by Gasteiger charge is -2.00. The van der Waals surface area contributed by atoms with E-state index in [1.807, 2.05) is 19.9 Å². The van der Waals surface area contributed by atoms with E-state index in [2.05, 4.69) is 20.9 Å². The van der Waals surface area contributed by atoms with Gasteiger partial charge in [-0.25, -0.2) is 4.98 Å². The predicted molar refractivity (Wildman–Crippen MR) is 46.8 cm³/mol. The third-order valence-electron chi connectivity index (χ3n) is 1.57. The van der Waals surface area contributed by atoms with Gasteiger partial charge in [0.25, 0.3) is 0 Å². The van der Waals surface area contributed by atoms with Crippen LogP contribution in [0.15, 0.2) is 10.7 Å². The second kappa shape index (κ2) is 3.13. The Morgan fingerprint density at radius 2 is 2.18 bits per heavy atom. The summed E-state index contributed by atoms with van der Waals surface area (Å²) in [4.78, 5) is 14.6. The summed E-state index contributed by atoms with van der Waals surface area (Å²) in [5.74, 6) is 0. The van der Waals surface area contributed by atoms with Gasteiger partial charge in [-0.3, -0.25) is 4.79 Å². The van der Waals surface area contributed by atoms with Gasteiger partial charge in [0, 0.05) is 11.3 Å². The Labute approximate surface area is 73.8 Å². The van der Waals surface area contributed by atoms with Crippen LogP contribution in [0.2, 0.25) is 0 Å². The van der Waals surface area contributed by atoms with Crippen molar-refractivity contribution in [1.82, 2.24) is 4.98 Å². The predicted octanol–water partition coefficient (Wildman–Crippen LogP) is 2.27. The Morgan fingerprint density at radius 1 is 1.55 bits per heavy atom. The highest BCUT2D eigenvalue weighted by molar-refractivity contribution is 9.10. The lowest BCUT2D eigenvalue weighted by molar-refractivity contribution is 0.112. The lowest BCUT2D eigenvalue weighted by atomic mass is 10.2. The maximum Gasteiger partial charge on any atom is 0.152 e. The minimum Gasteiger partial charge on any atom is -0.298 e. The van der Waals surface area contributed by atoms with E-state index in [1.165, 1.54) is 0 Å². The van der Waals surface area contributed by atoms with Crippen molar-refractivity contribution in [2.75, 3.05) is 0 Å². The SMILES string of the molecule is Cc1cc(C=O)c(Br)nc1C. The Hall–Kier alpha value is -0.700. The molecule has 0 unspecified atom stereocenters. The first kappa shape index (κ1) is 8.40. The van der Waals surface area contributed by atoms with Gasteiger partial charge in [0.05, 0.1) is 0 Å². The fourth-order valence-corrected chi connectivity index (χ4v) is 1.25. The standard InChI is InChI=1S/C8H8BrNO/c1-5-3-7(4-11)8(9)10-6(5)2/h3-4H,1-2H3. The van der Waals surface area contributed by atoms with Gasteiger partial charge >= 0.3 is 0 Å². The van der Waals surface area contributed by atoms with E-state index < -0.39 is 0 Å². The molecule has 0 aliphatic heterocycles. The number of pyridine rings is 1.